The SMILES string of the molecule is CN(C)c1nc(N)nc2c1ncn2CCOCP(=O)(O)O.N=N/N=N/N. The van der Waals surface area contributed by atoms with Crippen LogP contribution in [-0.2, 0) is 15.8 Å². The van der Waals surface area contributed by atoms with E-state index in [9.17, 15) is 4.57 Å². The highest BCUT2D eigenvalue weighted by atomic mass is 31.2. The maximum Gasteiger partial charge on any atom is 0.350 e. The van der Waals surface area contributed by atoms with Gasteiger partial charge in [-0.1, -0.05) is 5.22 Å². The van der Waals surface area contributed by atoms with Crippen LogP contribution in [0.2, 0.25) is 0 Å². The molecule has 7 N–H and O–H groups in total. The molecule has 0 aliphatic rings. The largest absolute Gasteiger partial charge is 0.368 e. The van der Waals surface area contributed by atoms with Crippen LogP contribution in [0.4, 0.5) is 11.8 Å². The molecule has 0 atom stereocenters. The summed E-state index contributed by atoms with van der Waals surface area (Å²) in [6.45, 7) is 0.470. The van der Waals surface area contributed by atoms with E-state index in [1.807, 2.05) is 14.1 Å². The zero-order chi connectivity index (χ0) is 19.7. The summed E-state index contributed by atoms with van der Waals surface area (Å²) < 4.78 is 17.3. The van der Waals surface area contributed by atoms with E-state index in [4.69, 9.17) is 25.8 Å². The Morgan fingerprint density at radius 1 is 1.42 bits per heavy atom. The van der Waals surface area contributed by atoms with Gasteiger partial charge in [-0.3, -0.25) is 4.57 Å². The molecule has 2 rings (SSSR count). The Balaban J connectivity index is 0.000000597. The number of aromatic nitrogens is 4. The van der Waals surface area contributed by atoms with Gasteiger partial charge in [-0.25, -0.2) is 4.98 Å². The number of hydrogen-bond donors (Lipinski definition) is 5. The fourth-order valence-corrected chi connectivity index (χ4v) is 2.16. The van der Waals surface area contributed by atoms with Crippen LogP contribution in [0.5, 0.6) is 0 Å². The van der Waals surface area contributed by atoms with Crippen molar-refractivity contribution in [3.8, 4) is 0 Å². The van der Waals surface area contributed by atoms with Gasteiger partial charge in [0.25, 0.3) is 0 Å². The molecule has 15 nitrogen and oxygen atoms in total. The summed E-state index contributed by atoms with van der Waals surface area (Å²) in [6, 6.07) is 0. The first-order chi connectivity index (χ1) is 12.2. The first kappa shape index (κ1) is 21.3. The number of imidazole rings is 1. The van der Waals surface area contributed by atoms with Gasteiger partial charge >= 0.3 is 7.60 Å². The number of nitrogens with zero attached hydrogens (tertiary/aromatic N) is 8. The number of rotatable bonds is 7. The molecule has 0 saturated carbocycles. The topological polar surface area (TPSA) is 227 Å². The zero-order valence-electron chi connectivity index (χ0n) is 14.1. The van der Waals surface area contributed by atoms with Crippen molar-refractivity contribution in [1.82, 2.24) is 19.5 Å². The quantitative estimate of drug-likeness (QED) is 0.139. The fraction of sp³-hybridized carbons (Fsp3) is 0.500. The van der Waals surface area contributed by atoms with Crippen LogP contribution in [0.1, 0.15) is 0 Å². The predicted molar refractivity (Wildman–Crippen MR) is 91.1 cm³/mol. The lowest BCUT2D eigenvalue weighted by molar-refractivity contribution is 0.149. The van der Waals surface area contributed by atoms with Gasteiger partial charge in [0.2, 0.25) is 5.95 Å². The molecule has 26 heavy (non-hydrogen) atoms. The molecular weight excluding hydrogens is 369 g/mol. The molecule has 16 heteroatoms. The molecule has 2 aromatic heterocycles. The second-order valence-electron chi connectivity index (χ2n) is 4.92. The van der Waals surface area contributed by atoms with Crippen molar-refractivity contribution in [2.75, 3.05) is 37.7 Å². The van der Waals surface area contributed by atoms with Crippen molar-refractivity contribution >= 4 is 30.5 Å². The van der Waals surface area contributed by atoms with Gasteiger partial charge < -0.3 is 35.6 Å². The molecule has 0 radical (unpaired) electrons. The average Bonchev–Trinajstić information content (AvgIpc) is 2.94. The van der Waals surface area contributed by atoms with Crippen LogP contribution >= 0.6 is 7.60 Å². The number of nitrogens with two attached hydrogens (primary N) is 2. The van der Waals surface area contributed by atoms with Gasteiger partial charge in [0.05, 0.1) is 12.9 Å². The summed E-state index contributed by atoms with van der Waals surface area (Å²) in [4.78, 5) is 31.7. The smallest absolute Gasteiger partial charge is 0.350 e. The number of fused-ring (bicyclic) bond motifs is 1. The van der Waals surface area contributed by atoms with E-state index in [0.717, 1.165) is 0 Å². The molecule has 0 aliphatic heterocycles. The summed E-state index contributed by atoms with van der Waals surface area (Å²) >= 11 is 0. The Labute approximate surface area is 147 Å². The van der Waals surface area contributed by atoms with Crippen LogP contribution in [-0.4, -0.2) is 56.4 Å². The van der Waals surface area contributed by atoms with Crippen molar-refractivity contribution in [1.29, 1.82) is 5.53 Å². The molecule has 144 valence electrons. The Kier molecular flexibility index (Phi) is 7.92. The molecule has 0 aliphatic carbocycles. The first-order valence-electron chi connectivity index (χ1n) is 6.94. The van der Waals surface area contributed by atoms with E-state index in [-0.39, 0.29) is 12.6 Å². The zero-order valence-corrected chi connectivity index (χ0v) is 15.0. The minimum Gasteiger partial charge on any atom is -0.368 e. The predicted octanol–water partition coefficient (Wildman–Crippen LogP) is -0.115. The molecule has 0 fully saturated rings. The molecule has 0 unspecified atom stereocenters. The molecule has 0 saturated heterocycles. The van der Waals surface area contributed by atoms with Gasteiger partial charge in [0, 0.05) is 20.6 Å². The third-order valence-electron chi connectivity index (χ3n) is 2.72. The second kappa shape index (κ2) is 9.67. The molecule has 2 aromatic rings. The lowest BCUT2D eigenvalue weighted by atomic mass is 10.4. The Hall–Kier alpha value is -2.74. The molecule has 0 aromatic carbocycles. The van der Waals surface area contributed by atoms with Crippen molar-refractivity contribution < 1.29 is 19.1 Å². The summed E-state index contributed by atoms with van der Waals surface area (Å²) in [5, 5.41) is 7.73. The van der Waals surface area contributed by atoms with Crippen LogP contribution in [0.3, 0.4) is 0 Å². The molecule has 0 bridgehead atoms. The highest BCUT2D eigenvalue weighted by Crippen LogP contribution is 2.33. The molecular formula is C10H20N11O4P. The third kappa shape index (κ3) is 6.64. The molecule has 2 heterocycles. The Morgan fingerprint density at radius 3 is 2.62 bits per heavy atom. The number of nitrogen functional groups attached to an aromatic ring is 1. The van der Waals surface area contributed by atoms with Gasteiger partial charge in [0.1, 0.15) is 6.35 Å². The highest BCUT2D eigenvalue weighted by molar-refractivity contribution is 7.51. The van der Waals surface area contributed by atoms with E-state index in [1.165, 1.54) is 0 Å². The van der Waals surface area contributed by atoms with Crippen molar-refractivity contribution in [3.63, 3.8) is 0 Å². The van der Waals surface area contributed by atoms with E-state index in [0.29, 0.717) is 23.5 Å². The number of ether oxygens (including phenoxy) is 1. The van der Waals surface area contributed by atoms with Crippen LogP contribution in [0.25, 0.3) is 11.2 Å². The maximum atomic E-state index is 10.7. The third-order valence-corrected chi connectivity index (χ3v) is 3.24. The summed E-state index contributed by atoms with van der Waals surface area (Å²) in [7, 11) is -0.503. The number of anilines is 2. The van der Waals surface area contributed by atoms with Gasteiger partial charge in [-0.15, -0.1) is 0 Å². The Bertz CT molecular complexity index is 802. The summed E-state index contributed by atoms with van der Waals surface area (Å²) in [6.07, 6.45) is 0.951. The monoisotopic (exact) mass is 389 g/mol. The van der Waals surface area contributed by atoms with E-state index >= 15 is 0 Å². The standard InChI is InChI=1S/C10H17N6O4P.H3N5/c1-15(2)8-7-9(14-10(11)13-8)16(5-12-7)3-4-20-6-21(17,18)19;1-3-5-4-2/h5H,3-4,6H2,1-2H3,(H2,11,13,14)(H2,17,18,19);(H3,1,2,5). The lowest BCUT2D eigenvalue weighted by Crippen LogP contribution is -2.14. The first-order valence-corrected chi connectivity index (χ1v) is 8.74. The van der Waals surface area contributed by atoms with E-state index < -0.39 is 13.9 Å². The molecule has 0 spiro atoms. The van der Waals surface area contributed by atoms with Gasteiger partial charge in [-0.05, 0) is 10.4 Å². The van der Waals surface area contributed by atoms with Crippen molar-refractivity contribution in [2.45, 2.75) is 6.54 Å². The van der Waals surface area contributed by atoms with Crippen LogP contribution in [0, 0.1) is 5.53 Å². The maximum absolute atomic E-state index is 10.7. The van der Waals surface area contributed by atoms with Crippen molar-refractivity contribution in [3.05, 3.63) is 6.33 Å². The van der Waals surface area contributed by atoms with Gasteiger partial charge in [0.15, 0.2) is 17.0 Å². The number of hydrogen-bond acceptors (Lipinski definition) is 9. The fourth-order valence-electron chi connectivity index (χ4n) is 1.79. The lowest BCUT2D eigenvalue weighted by Gasteiger charge is -2.12. The van der Waals surface area contributed by atoms with Crippen molar-refractivity contribution in [2.24, 2.45) is 21.5 Å². The Morgan fingerprint density at radius 2 is 2.12 bits per heavy atom. The van der Waals surface area contributed by atoms with Crippen LogP contribution < -0.4 is 16.5 Å². The number of nitrogens with one attached hydrogen (secondary N) is 1. The minimum atomic E-state index is -4.15. The highest BCUT2D eigenvalue weighted by Gasteiger charge is 2.15. The van der Waals surface area contributed by atoms with E-state index in [2.05, 4.69) is 36.5 Å². The van der Waals surface area contributed by atoms with Crippen LogP contribution in [0.15, 0.2) is 22.0 Å². The normalized spacial score (nSPS) is 11.4. The second-order valence-corrected chi connectivity index (χ2v) is 6.50. The van der Waals surface area contributed by atoms with Gasteiger partial charge in [-0.2, -0.15) is 15.5 Å². The summed E-state index contributed by atoms with van der Waals surface area (Å²) in [5.74, 6) is 5.12. The summed E-state index contributed by atoms with van der Waals surface area (Å²) in [5.41, 5.74) is 12.7. The molecule has 0 amide bonds. The average molecular weight is 389 g/mol. The van der Waals surface area contributed by atoms with E-state index in [1.54, 1.807) is 15.8 Å². The minimum absolute atomic E-state index is 0.123.